The lowest BCUT2D eigenvalue weighted by Crippen LogP contribution is -2.49. The number of piperazine rings is 1. The van der Waals surface area contributed by atoms with Gasteiger partial charge in [-0.3, -0.25) is 9.69 Å². The lowest BCUT2D eigenvalue weighted by molar-refractivity contribution is 0.192. The van der Waals surface area contributed by atoms with Gasteiger partial charge in [-0.15, -0.1) is 5.10 Å². The fraction of sp³-hybridized carbons (Fsp3) is 0.467. The first-order chi connectivity index (χ1) is 18.5. The maximum Gasteiger partial charge on any atom is 0.253 e. The second-order valence-electron chi connectivity index (χ2n) is 11.0. The summed E-state index contributed by atoms with van der Waals surface area (Å²) in [7, 11) is 0. The number of H-pyrrole nitrogens is 1. The van der Waals surface area contributed by atoms with Gasteiger partial charge in [-0.25, -0.2) is 4.68 Å². The highest BCUT2D eigenvalue weighted by atomic mass is 16.1. The molecule has 8 nitrogen and oxygen atoms in total. The minimum absolute atomic E-state index is 0.0630. The van der Waals surface area contributed by atoms with Gasteiger partial charge >= 0.3 is 0 Å². The maximum absolute atomic E-state index is 13.6. The van der Waals surface area contributed by atoms with Gasteiger partial charge in [0.1, 0.15) is 6.04 Å². The van der Waals surface area contributed by atoms with E-state index in [2.05, 4.69) is 74.5 Å². The van der Waals surface area contributed by atoms with Gasteiger partial charge in [0.25, 0.3) is 5.56 Å². The molecule has 2 fully saturated rings. The highest BCUT2D eigenvalue weighted by Gasteiger charge is 2.34. The predicted octanol–water partition coefficient (Wildman–Crippen LogP) is 4.86. The fourth-order valence-corrected chi connectivity index (χ4v) is 6.37. The predicted molar refractivity (Wildman–Crippen MR) is 151 cm³/mol. The standard InChI is InChI=1S/C30H37N7O/c1-20-9-8-14-26(22(20)3)35-15-17-36(18-16-35)28(29-32-33-34-37(29)24-12-5-4-6-13-24)25-19-23-11-7-10-21(2)27(23)31-30(25)38/h7-11,14,19,24,28H,4-6,12-13,15-18H2,1-3H3,(H,31,38). The Balaban J connectivity index is 1.39. The number of rotatable bonds is 5. The van der Waals surface area contributed by atoms with E-state index in [-0.39, 0.29) is 17.6 Å². The van der Waals surface area contributed by atoms with E-state index in [0.29, 0.717) is 0 Å². The van der Waals surface area contributed by atoms with Crippen molar-refractivity contribution in [2.45, 2.75) is 65.0 Å². The smallest absolute Gasteiger partial charge is 0.253 e. The van der Waals surface area contributed by atoms with Gasteiger partial charge in [0, 0.05) is 37.4 Å². The van der Waals surface area contributed by atoms with E-state index in [4.69, 9.17) is 0 Å². The summed E-state index contributed by atoms with van der Waals surface area (Å²) in [6.07, 6.45) is 5.82. The summed E-state index contributed by atoms with van der Waals surface area (Å²) in [4.78, 5) is 21.7. The van der Waals surface area contributed by atoms with E-state index in [0.717, 1.165) is 66.9 Å². The third kappa shape index (κ3) is 4.51. The van der Waals surface area contributed by atoms with Crippen molar-refractivity contribution < 1.29 is 0 Å². The number of nitrogens with one attached hydrogen (secondary N) is 1. The second-order valence-corrected chi connectivity index (χ2v) is 11.0. The number of hydrogen-bond donors (Lipinski definition) is 1. The Morgan fingerprint density at radius 3 is 2.45 bits per heavy atom. The summed E-state index contributed by atoms with van der Waals surface area (Å²) in [5.41, 5.74) is 6.56. The van der Waals surface area contributed by atoms with Gasteiger partial charge in [0.15, 0.2) is 5.82 Å². The zero-order chi connectivity index (χ0) is 26.2. The molecule has 4 aromatic rings. The minimum atomic E-state index is -0.304. The van der Waals surface area contributed by atoms with Crippen molar-refractivity contribution in [1.29, 1.82) is 0 Å². The molecule has 2 aliphatic rings. The number of anilines is 1. The van der Waals surface area contributed by atoms with E-state index < -0.39 is 0 Å². The number of aromatic nitrogens is 5. The van der Waals surface area contributed by atoms with Crippen LogP contribution in [0, 0.1) is 20.8 Å². The molecule has 2 aromatic carbocycles. The summed E-state index contributed by atoms with van der Waals surface area (Å²) in [5, 5.41) is 14.2. The van der Waals surface area contributed by atoms with Crippen molar-refractivity contribution in [3.63, 3.8) is 0 Å². The number of pyridine rings is 1. The van der Waals surface area contributed by atoms with Gasteiger partial charge in [-0.05, 0) is 78.2 Å². The average molecular weight is 512 g/mol. The molecular formula is C30H37N7O. The minimum Gasteiger partial charge on any atom is -0.369 e. The number of nitrogens with zero attached hydrogens (tertiary/aromatic N) is 6. The van der Waals surface area contributed by atoms with Crippen LogP contribution in [0.15, 0.2) is 47.3 Å². The number of aryl methyl sites for hydroxylation is 2. The number of tetrazole rings is 1. The zero-order valence-electron chi connectivity index (χ0n) is 22.7. The average Bonchev–Trinajstić information content (AvgIpc) is 3.42. The number of para-hydroxylation sites is 1. The summed E-state index contributed by atoms with van der Waals surface area (Å²) >= 11 is 0. The van der Waals surface area contributed by atoms with Crippen LogP contribution >= 0.6 is 0 Å². The number of aromatic amines is 1. The summed E-state index contributed by atoms with van der Waals surface area (Å²) in [6, 6.07) is 14.7. The van der Waals surface area contributed by atoms with Gasteiger partial charge in [-0.2, -0.15) is 0 Å². The molecule has 1 saturated carbocycles. The summed E-state index contributed by atoms with van der Waals surface area (Å²) in [5.74, 6) is 0.787. The molecule has 3 heterocycles. The monoisotopic (exact) mass is 511 g/mol. The van der Waals surface area contributed by atoms with Gasteiger partial charge in [-0.1, -0.05) is 49.6 Å². The van der Waals surface area contributed by atoms with Crippen molar-refractivity contribution in [1.82, 2.24) is 30.1 Å². The van der Waals surface area contributed by atoms with Crippen molar-refractivity contribution in [2.75, 3.05) is 31.1 Å². The fourth-order valence-electron chi connectivity index (χ4n) is 6.37. The van der Waals surface area contributed by atoms with Gasteiger partial charge < -0.3 is 9.88 Å². The molecule has 1 atom stereocenters. The molecule has 8 heteroatoms. The van der Waals surface area contributed by atoms with Crippen LogP contribution in [0.5, 0.6) is 0 Å². The molecular weight excluding hydrogens is 474 g/mol. The first kappa shape index (κ1) is 24.8. The highest BCUT2D eigenvalue weighted by molar-refractivity contribution is 5.82. The Hall–Kier alpha value is -3.52. The van der Waals surface area contributed by atoms with Crippen LogP contribution in [0.2, 0.25) is 0 Å². The van der Waals surface area contributed by atoms with E-state index in [9.17, 15) is 4.79 Å². The molecule has 1 N–H and O–H groups in total. The number of fused-ring (bicyclic) bond motifs is 1. The molecule has 0 bridgehead atoms. The van der Waals surface area contributed by atoms with E-state index >= 15 is 0 Å². The molecule has 0 radical (unpaired) electrons. The van der Waals surface area contributed by atoms with Crippen LogP contribution in [-0.4, -0.2) is 56.3 Å². The molecule has 1 aliphatic carbocycles. The molecule has 0 amide bonds. The molecule has 6 rings (SSSR count). The van der Waals surface area contributed by atoms with Gasteiger partial charge in [0.05, 0.1) is 11.6 Å². The van der Waals surface area contributed by atoms with E-state index in [1.807, 2.05) is 23.7 Å². The first-order valence-corrected chi connectivity index (χ1v) is 14.0. The third-order valence-electron chi connectivity index (χ3n) is 8.69. The van der Waals surface area contributed by atoms with Crippen molar-refractivity contribution in [3.8, 4) is 0 Å². The Morgan fingerprint density at radius 2 is 1.66 bits per heavy atom. The largest absolute Gasteiger partial charge is 0.369 e. The molecule has 198 valence electrons. The zero-order valence-corrected chi connectivity index (χ0v) is 22.7. The van der Waals surface area contributed by atoms with Gasteiger partial charge in [0.2, 0.25) is 0 Å². The Labute approximate surface area is 223 Å². The van der Waals surface area contributed by atoms with Crippen LogP contribution in [0.4, 0.5) is 5.69 Å². The highest BCUT2D eigenvalue weighted by Crippen LogP contribution is 2.34. The summed E-state index contributed by atoms with van der Waals surface area (Å²) < 4.78 is 2.03. The van der Waals surface area contributed by atoms with Crippen LogP contribution in [0.3, 0.4) is 0 Å². The van der Waals surface area contributed by atoms with Crippen LogP contribution in [0.25, 0.3) is 10.9 Å². The van der Waals surface area contributed by atoms with Crippen LogP contribution < -0.4 is 10.5 Å². The van der Waals surface area contributed by atoms with Crippen LogP contribution in [0.1, 0.15) is 72.3 Å². The molecule has 38 heavy (non-hydrogen) atoms. The second kappa shape index (κ2) is 10.3. The molecule has 2 aromatic heterocycles. The van der Waals surface area contributed by atoms with Crippen molar-refractivity contribution in [3.05, 3.63) is 80.9 Å². The topological polar surface area (TPSA) is 82.9 Å². The molecule has 0 spiro atoms. The number of benzene rings is 2. The van der Waals surface area contributed by atoms with E-state index in [1.54, 1.807) is 0 Å². The Morgan fingerprint density at radius 1 is 0.921 bits per heavy atom. The normalized spacial score (nSPS) is 18.2. The molecule has 1 saturated heterocycles. The van der Waals surface area contributed by atoms with Crippen molar-refractivity contribution in [2.24, 2.45) is 0 Å². The molecule has 1 unspecified atom stereocenters. The Kier molecular flexibility index (Phi) is 6.74. The third-order valence-corrected chi connectivity index (χ3v) is 8.69. The van der Waals surface area contributed by atoms with Crippen molar-refractivity contribution >= 4 is 16.6 Å². The number of hydrogen-bond acceptors (Lipinski definition) is 6. The maximum atomic E-state index is 13.6. The molecule has 1 aliphatic heterocycles. The lowest BCUT2D eigenvalue weighted by atomic mass is 9.95. The Bertz CT molecular complexity index is 1490. The SMILES string of the molecule is Cc1cccc(N2CCN(C(c3cc4cccc(C)c4[nH]c3=O)c3nnnn3C3CCCCC3)CC2)c1C. The first-order valence-electron chi connectivity index (χ1n) is 14.0. The van der Waals surface area contributed by atoms with E-state index in [1.165, 1.54) is 36.1 Å². The summed E-state index contributed by atoms with van der Waals surface area (Å²) in [6.45, 7) is 9.82. The van der Waals surface area contributed by atoms with Crippen LogP contribution in [-0.2, 0) is 0 Å². The lowest BCUT2D eigenvalue weighted by Gasteiger charge is -2.40. The quantitative estimate of drug-likeness (QED) is 0.412.